The van der Waals surface area contributed by atoms with Crippen LogP contribution in [-0.2, 0) is 0 Å². The molecule has 0 unspecified atom stereocenters. The lowest BCUT2D eigenvalue weighted by atomic mass is 10.3. The molecule has 2 N–H and O–H groups in total. The van der Waals surface area contributed by atoms with Crippen LogP contribution in [0.25, 0.3) is 0 Å². The zero-order valence-corrected chi connectivity index (χ0v) is 9.72. The van der Waals surface area contributed by atoms with Crippen molar-refractivity contribution >= 4 is 28.8 Å². The van der Waals surface area contributed by atoms with Crippen molar-refractivity contribution in [1.29, 1.82) is 0 Å². The summed E-state index contributed by atoms with van der Waals surface area (Å²) < 4.78 is 5.52. The predicted molar refractivity (Wildman–Crippen MR) is 64.4 cm³/mol. The van der Waals surface area contributed by atoms with Crippen LogP contribution in [0.4, 0.5) is 0 Å². The fraction of sp³-hybridized carbons (Fsp3) is 0. The molecule has 1 heterocycles. The first-order valence-electron chi connectivity index (χ1n) is 4.48. The zero-order chi connectivity index (χ0) is 11.5. The van der Waals surface area contributed by atoms with Gasteiger partial charge in [0.2, 0.25) is 0 Å². The van der Waals surface area contributed by atoms with Crippen LogP contribution in [0, 0.1) is 0 Å². The number of hydrogen-bond acceptors (Lipinski definition) is 3. The minimum absolute atomic E-state index is 0.453. The average molecular weight is 254 g/mol. The number of carbonyl (C=O) groups excluding carboxylic acids is 1. The Morgan fingerprint density at radius 3 is 2.75 bits per heavy atom. The molecule has 0 saturated carbocycles. The number of thiophene rings is 1. The van der Waals surface area contributed by atoms with Crippen LogP contribution in [0.3, 0.4) is 0 Å². The van der Waals surface area contributed by atoms with E-state index in [4.69, 9.17) is 22.1 Å². The highest BCUT2D eigenvalue weighted by Crippen LogP contribution is 2.30. The molecular weight excluding hydrogens is 246 g/mol. The summed E-state index contributed by atoms with van der Waals surface area (Å²) in [5, 5.41) is 1.21. The maximum absolute atomic E-state index is 10.9. The van der Waals surface area contributed by atoms with E-state index in [-0.39, 0.29) is 0 Å². The molecule has 1 amide bonds. The Hall–Kier alpha value is -1.52. The Bertz CT molecular complexity index is 524. The maximum atomic E-state index is 10.9. The van der Waals surface area contributed by atoms with Gasteiger partial charge in [0.05, 0.1) is 4.88 Å². The molecule has 0 aliphatic carbocycles. The van der Waals surface area contributed by atoms with E-state index in [1.165, 1.54) is 11.3 Å². The highest BCUT2D eigenvalue weighted by Gasteiger charge is 2.06. The van der Waals surface area contributed by atoms with E-state index in [0.717, 1.165) is 0 Å². The largest absolute Gasteiger partial charge is 0.447 e. The molecule has 82 valence electrons. The van der Waals surface area contributed by atoms with Crippen molar-refractivity contribution in [2.24, 2.45) is 5.73 Å². The highest BCUT2D eigenvalue weighted by molar-refractivity contribution is 7.15. The van der Waals surface area contributed by atoms with Gasteiger partial charge in [-0.05, 0) is 30.3 Å². The second-order valence-corrected chi connectivity index (χ2v) is 4.53. The number of carbonyl (C=O) groups is 1. The number of halogens is 1. The molecule has 2 rings (SSSR count). The van der Waals surface area contributed by atoms with Gasteiger partial charge < -0.3 is 10.5 Å². The van der Waals surface area contributed by atoms with E-state index in [1.54, 1.807) is 36.4 Å². The van der Waals surface area contributed by atoms with Gasteiger partial charge in [-0.3, -0.25) is 4.79 Å². The number of benzene rings is 1. The summed E-state index contributed by atoms with van der Waals surface area (Å²) in [6.45, 7) is 0. The summed E-state index contributed by atoms with van der Waals surface area (Å²) in [4.78, 5) is 11.3. The van der Waals surface area contributed by atoms with Crippen molar-refractivity contribution < 1.29 is 9.53 Å². The molecule has 0 spiro atoms. The minimum atomic E-state index is -0.453. The fourth-order valence-corrected chi connectivity index (χ4v) is 2.06. The molecule has 0 saturated heterocycles. The molecule has 3 nitrogen and oxygen atoms in total. The van der Waals surface area contributed by atoms with Crippen LogP contribution in [0.5, 0.6) is 10.8 Å². The molecule has 0 aliphatic heterocycles. The van der Waals surface area contributed by atoms with E-state index in [1.807, 2.05) is 0 Å². The Balaban J connectivity index is 2.17. The van der Waals surface area contributed by atoms with E-state index in [9.17, 15) is 4.79 Å². The van der Waals surface area contributed by atoms with Gasteiger partial charge in [0.15, 0.2) is 5.06 Å². The Morgan fingerprint density at radius 2 is 2.12 bits per heavy atom. The Morgan fingerprint density at radius 1 is 1.31 bits per heavy atom. The van der Waals surface area contributed by atoms with Crippen molar-refractivity contribution in [3.05, 3.63) is 46.3 Å². The normalized spacial score (nSPS) is 10.1. The molecule has 0 aliphatic rings. The van der Waals surface area contributed by atoms with Crippen LogP contribution in [0.15, 0.2) is 36.4 Å². The van der Waals surface area contributed by atoms with Crippen molar-refractivity contribution in [1.82, 2.24) is 0 Å². The standard InChI is InChI=1S/C11H8ClNO2S/c12-7-2-1-3-8(6-7)15-10-5-4-9(16-10)11(13)14/h1-6H,(H2,13,14). The van der Waals surface area contributed by atoms with Gasteiger partial charge in [-0.2, -0.15) is 0 Å². The number of rotatable bonds is 3. The lowest BCUT2D eigenvalue weighted by Crippen LogP contribution is -2.07. The van der Waals surface area contributed by atoms with Crippen LogP contribution in [0.1, 0.15) is 9.67 Å². The Labute approximate surface area is 101 Å². The van der Waals surface area contributed by atoms with Gasteiger partial charge in [0.1, 0.15) is 5.75 Å². The predicted octanol–water partition coefficient (Wildman–Crippen LogP) is 3.29. The van der Waals surface area contributed by atoms with E-state index in [0.29, 0.717) is 20.7 Å². The highest BCUT2D eigenvalue weighted by atomic mass is 35.5. The molecular formula is C11H8ClNO2S. The molecule has 0 fully saturated rings. The molecule has 2 aromatic rings. The monoisotopic (exact) mass is 253 g/mol. The van der Waals surface area contributed by atoms with Crippen molar-refractivity contribution in [3.8, 4) is 10.8 Å². The van der Waals surface area contributed by atoms with Gasteiger partial charge in [0, 0.05) is 5.02 Å². The van der Waals surface area contributed by atoms with Crippen LogP contribution in [0.2, 0.25) is 5.02 Å². The molecule has 0 bridgehead atoms. The number of ether oxygens (including phenoxy) is 1. The van der Waals surface area contributed by atoms with Crippen LogP contribution < -0.4 is 10.5 Å². The maximum Gasteiger partial charge on any atom is 0.258 e. The number of primary amides is 1. The smallest absolute Gasteiger partial charge is 0.258 e. The topological polar surface area (TPSA) is 52.3 Å². The van der Waals surface area contributed by atoms with Gasteiger partial charge in [-0.15, -0.1) is 0 Å². The van der Waals surface area contributed by atoms with Crippen molar-refractivity contribution in [2.45, 2.75) is 0 Å². The SMILES string of the molecule is NC(=O)c1ccc(Oc2cccc(Cl)c2)s1. The second-order valence-electron chi connectivity index (χ2n) is 3.04. The number of nitrogens with two attached hydrogens (primary N) is 1. The van der Waals surface area contributed by atoms with Gasteiger partial charge in [-0.25, -0.2) is 0 Å². The molecule has 16 heavy (non-hydrogen) atoms. The summed E-state index contributed by atoms with van der Waals surface area (Å²) in [6, 6.07) is 10.4. The third-order valence-corrected chi connectivity index (χ3v) is 3.05. The first-order chi connectivity index (χ1) is 7.65. The zero-order valence-electron chi connectivity index (χ0n) is 8.14. The van der Waals surface area contributed by atoms with Crippen LogP contribution >= 0.6 is 22.9 Å². The lowest BCUT2D eigenvalue weighted by molar-refractivity contribution is 0.100. The van der Waals surface area contributed by atoms with E-state index in [2.05, 4.69) is 0 Å². The fourth-order valence-electron chi connectivity index (χ4n) is 1.15. The number of amides is 1. The van der Waals surface area contributed by atoms with E-state index < -0.39 is 5.91 Å². The minimum Gasteiger partial charge on any atom is -0.447 e. The summed E-state index contributed by atoms with van der Waals surface area (Å²) in [5.74, 6) is 0.177. The summed E-state index contributed by atoms with van der Waals surface area (Å²) in [5.41, 5.74) is 5.14. The quantitative estimate of drug-likeness (QED) is 0.913. The molecule has 1 aromatic heterocycles. The molecule has 1 aromatic carbocycles. The average Bonchev–Trinajstić information content (AvgIpc) is 2.66. The summed E-state index contributed by atoms with van der Waals surface area (Å²) in [6.07, 6.45) is 0. The second kappa shape index (κ2) is 4.55. The van der Waals surface area contributed by atoms with Gasteiger partial charge in [-0.1, -0.05) is 29.0 Å². The summed E-state index contributed by atoms with van der Waals surface area (Å²) >= 11 is 7.02. The molecule has 5 heteroatoms. The third-order valence-electron chi connectivity index (χ3n) is 1.84. The van der Waals surface area contributed by atoms with Gasteiger partial charge in [0.25, 0.3) is 5.91 Å². The first-order valence-corrected chi connectivity index (χ1v) is 5.67. The van der Waals surface area contributed by atoms with Crippen molar-refractivity contribution in [2.75, 3.05) is 0 Å². The third kappa shape index (κ3) is 2.53. The first kappa shape index (κ1) is 11.0. The number of hydrogen-bond donors (Lipinski definition) is 1. The Kier molecular flexibility index (Phi) is 3.12. The van der Waals surface area contributed by atoms with Crippen molar-refractivity contribution in [3.63, 3.8) is 0 Å². The van der Waals surface area contributed by atoms with Gasteiger partial charge >= 0.3 is 0 Å². The lowest BCUT2D eigenvalue weighted by Gasteiger charge is -2.01. The molecule has 0 radical (unpaired) electrons. The summed E-state index contributed by atoms with van der Waals surface area (Å²) in [7, 11) is 0. The van der Waals surface area contributed by atoms with Crippen LogP contribution in [-0.4, -0.2) is 5.91 Å². The molecule has 0 atom stereocenters. The van der Waals surface area contributed by atoms with E-state index >= 15 is 0 Å².